The van der Waals surface area contributed by atoms with E-state index >= 15 is 0 Å². The Morgan fingerprint density at radius 3 is 2.42 bits per heavy atom. The average Bonchev–Trinajstić information content (AvgIpc) is 1.83. The van der Waals surface area contributed by atoms with Gasteiger partial charge in [-0.2, -0.15) is 0 Å². The minimum absolute atomic E-state index is 0.382. The van der Waals surface area contributed by atoms with E-state index in [1.807, 2.05) is 20.0 Å². The molecule has 0 spiro atoms. The number of halogens is 1. The van der Waals surface area contributed by atoms with Crippen molar-refractivity contribution in [2.45, 2.75) is 0 Å². The predicted molar refractivity (Wildman–Crippen MR) is 56.6 cm³/mol. The van der Waals surface area contributed by atoms with Gasteiger partial charge in [0, 0.05) is 0 Å². The Labute approximate surface area is 78.6 Å². The molecule has 0 N–H and O–H groups in total. The summed E-state index contributed by atoms with van der Waals surface area (Å²) in [6, 6.07) is 0. The molecule has 0 rings (SSSR count). The standard InChI is InChI=1S/C8H16ClO2P/c1-5-8(10)11-6-7-12(2,3,4)9/h5H,1,6-7H2,2-4H3. The first kappa shape index (κ1) is 11.9. The van der Waals surface area contributed by atoms with E-state index in [1.165, 1.54) is 0 Å². The van der Waals surface area contributed by atoms with Crippen LogP contribution in [0.3, 0.4) is 0 Å². The number of rotatable bonds is 4. The molecule has 0 saturated carbocycles. The molecule has 0 saturated heterocycles. The van der Waals surface area contributed by atoms with Crippen molar-refractivity contribution in [3.8, 4) is 0 Å². The van der Waals surface area contributed by atoms with Crippen LogP contribution in [0.1, 0.15) is 0 Å². The number of hydrogen-bond donors (Lipinski definition) is 0. The normalized spacial score (nSPS) is 14.5. The average molecular weight is 211 g/mol. The molecule has 0 heterocycles. The van der Waals surface area contributed by atoms with Gasteiger partial charge in [-0.1, -0.05) is 0 Å². The third-order valence-corrected chi connectivity index (χ3v) is 3.46. The molecule has 4 heteroatoms. The van der Waals surface area contributed by atoms with E-state index in [0.29, 0.717) is 6.61 Å². The number of esters is 1. The molecule has 0 aliphatic rings. The summed E-state index contributed by atoms with van der Waals surface area (Å²) in [5.41, 5.74) is 0. The van der Waals surface area contributed by atoms with Crippen molar-refractivity contribution in [1.29, 1.82) is 0 Å². The second-order valence-corrected chi connectivity index (χ2v) is 14.1. The maximum absolute atomic E-state index is 10.6. The summed E-state index contributed by atoms with van der Waals surface area (Å²) in [5.74, 6) is -2.41. The molecule has 0 radical (unpaired) electrons. The number of carbonyl (C=O) groups excluding carboxylic acids is 1. The van der Waals surface area contributed by atoms with E-state index in [-0.39, 0.29) is 5.97 Å². The second kappa shape index (κ2) is 3.76. The summed E-state index contributed by atoms with van der Waals surface area (Å²) >= 11 is 6.23. The predicted octanol–water partition coefficient (Wildman–Crippen LogP) is 2.31. The van der Waals surface area contributed by atoms with Gasteiger partial charge >= 0.3 is 78.1 Å². The summed E-state index contributed by atoms with van der Waals surface area (Å²) in [6.07, 6.45) is 1.90. The molecule has 72 valence electrons. The zero-order valence-electron chi connectivity index (χ0n) is 7.84. The Morgan fingerprint density at radius 1 is 1.58 bits per heavy atom. The number of ether oxygens (including phenoxy) is 1. The SMILES string of the molecule is C=CC(=O)OCCP(C)(C)(C)Cl. The van der Waals surface area contributed by atoms with Gasteiger partial charge in [-0.15, -0.1) is 0 Å². The van der Waals surface area contributed by atoms with Gasteiger partial charge in [0.2, 0.25) is 0 Å². The van der Waals surface area contributed by atoms with Gasteiger partial charge in [-0.3, -0.25) is 0 Å². The molecule has 0 fully saturated rings. The van der Waals surface area contributed by atoms with Gasteiger partial charge in [0.25, 0.3) is 0 Å². The van der Waals surface area contributed by atoms with Crippen molar-refractivity contribution < 1.29 is 9.53 Å². The fraction of sp³-hybridized carbons (Fsp3) is 0.625. The van der Waals surface area contributed by atoms with Crippen LogP contribution < -0.4 is 0 Å². The molecule has 0 aliphatic heterocycles. The van der Waals surface area contributed by atoms with Crippen LogP contribution in [0.4, 0.5) is 0 Å². The molecule has 0 aromatic heterocycles. The van der Waals surface area contributed by atoms with Crippen LogP contribution in [0.25, 0.3) is 0 Å². The molecular formula is C8H16ClO2P. The zero-order valence-corrected chi connectivity index (χ0v) is 9.49. The summed E-state index contributed by atoms with van der Waals surface area (Å²) in [6.45, 7) is 9.75. The molecule has 0 unspecified atom stereocenters. The van der Waals surface area contributed by atoms with Gasteiger partial charge in [0.05, 0.1) is 0 Å². The van der Waals surface area contributed by atoms with Gasteiger partial charge in [-0.25, -0.2) is 0 Å². The Balaban J connectivity index is 3.72. The zero-order chi connectivity index (χ0) is 9.85. The van der Waals surface area contributed by atoms with E-state index in [4.69, 9.17) is 16.0 Å². The summed E-state index contributed by atoms with van der Waals surface area (Å²) in [7, 11) is 0. The van der Waals surface area contributed by atoms with Crippen LogP contribution in [0.2, 0.25) is 0 Å². The van der Waals surface area contributed by atoms with Crippen molar-refractivity contribution in [2.24, 2.45) is 0 Å². The van der Waals surface area contributed by atoms with Crippen molar-refractivity contribution in [2.75, 3.05) is 32.8 Å². The summed E-state index contributed by atoms with van der Waals surface area (Å²) < 4.78 is 4.82. The Bertz CT molecular complexity index is 184. The van der Waals surface area contributed by atoms with Crippen molar-refractivity contribution >= 4 is 23.2 Å². The van der Waals surface area contributed by atoms with E-state index in [1.54, 1.807) is 0 Å². The molecule has 12 heavy (non-hydrogen) atoms. The Kier molecular flexibility index (Phi) is 3.74. The molecule has 0 bridgehead atoms. The molecule has 0 atom stereocenters. The van der Waals surface area contributed by atoms with Crippen LogP contribution >= 0.6 is 17.2 Å². The topological polar surface area (TPSA) is 26.3 Å². The van der Waals surface area contributed by atoms with E-state index in [2.05, 4.69) is 6.58 Å². The van der Waals surface area contributed by atoms with Crippen LogP contribution in [-0.2, 0) is 9.53 Å². The monoisotopic (exact) mass is 210 g/mol. The van der Waals surface area contributed by atoms with E-state index < -0.39 is 5.96 Å². The number of carbonyl (C=O) groups is 1. The minimum atomic E-state index is -2.03. The number of hydrogen-bond acceptors (Lipinski definition) is 2. The maximum atomic E-state index is 10.6. The van der Waals surface area contributed by atoms with Crippen LogP contribution in [0.15, 0.2) is 12.7 Å². The van der Waals surface area contributed by atoms with Gasteiger partial charge in [-0.05, 0) is 0 Å². The van der Waals surface area contributed by atoms with Crippen LogP contribution in [0.5, 0.6) is 0 Å². The third-order valence-electron chi connectivity index (χ3n) is 1.26. The fourth-order valence-corrected chi connectivity index (χ4v) is 1.43. The van der Waals surface area contributed by atoms with Crippen molar-refractivity contribution in [1.82, 2.24) is 0 Å². The first-order chi connectivity index (χ1) is 5.21. The Morgan fingerprint density at radius 2 is 2.08 bits per heavy atom. The van der Waals surface area contributed by atoms with Gasteiger partial charge < -0.3 is 0 Å². The quantitative estimate of drug-likeness (QED) is 0.404. The van der Waals surface area contributed by atoms with Gasteiger partial charge in [0.15, 0.2) is 0 Å². The molecule has 0 aromatic rings. The third kappa shape index (κ3) is 8.03. The molecular weight excluding hydrogens is 195 g/mol. The van der Waals surface area contributed by atoms with Crippen molar-refractivity contribution in [3.05, 3.63) is 12.7 Å². The summed E-state index contributed by atoms with van der Waals surface area (Å²) in [5, 5.41) is 0. The molecule has 2 nitrogen and oxygen atoms in total. The van der Waals surface area contributed by atoms with Crippen LogP contribution in [-0.4, -0.2) is 38.7 Å². The van der Waals surface area contributed by atoms with E-state index in [0.717, 1.165) is 12.2 Å². The molecule has 0 aromatic carbocycles. The van der Waals surface area contributed by atoms with Crippen molar-refractivity contribution in [3.63, 3.8) is 0 Å². The van der Waals surface area contributed by atoms with Gasteiger partial charge in [0.1, 0.15) is 0 Å². The molecule has 0 amide bonds. The fourth-order valence-electron chi connectivity index (χ4n) is 0.514. The summed E-state index contributed by atoms with van der Waals surface area (Å²) in [4.78, 5) is 10.6. The Hall–Kier alpha value is -0.0700. The van der Waals surface area contributed by atoms with Crippen LogP contribution in [0, 0.1) is 0 Å². The first-order valence-corrected chi connectivity index (χ1v) is 8.39. The first-order valence-electron chi connectivity index (χ1n) is 3.72. The molecule has 0 aliphatic carbocycles. The second-order valence-electron chi connectivity index (χ2n) is 4.01. The van der Waals surface area contributed by atoms with E-state index in [9.17, 15) is 4.79 Å².